The number of carbonyl (C=O) groups excluding carboxylic acids is 1. The summed E-state index contributed by atoms with van der Waals surface area (Å²) in [5, 5.41) is 12.5. The van der Waals surface area contributed by atoms with Crippen LogP contribution in [0, 0.1) is 0 Å². The minimum absolute atomic E-state index is 0.128. The third-order valence-corrected chi connectivity index (χ3v) is 6.39. The molecule has 29 heavy (non-hydrogen) atoms. The lowest BCUT2D eigenvalue weighted by Gasteiger charge is -2.22. The molecular weight excluding hydrogens is 382 g/mol. The minimum atomic E-state index is -0.367. The number of carbonyl (C=O) groups is 1. The van der Waals surface area contributed by atoms with Crippen LogP contribution < -0.4 is 0 Å². The molecule has 4 rings (SSSR count). The zero-order valence-corrected chi connectivity index (χ0v) is 17.5. The van der Waals surface area contributed by atoms with Gasteiger partial charge >= 0.3 is 0 Å². The van der Waals surface area contributed by atoms with E-state index in [1.807, 2.05) is 47.4 Å². The topological polar surface area (TPSA) is 63.9 Å². The van der Waals surface area contributed by atoms with Gasteiger partial charge in [-0.3, -0.25) is 4.79 Å². The molecule has 7 heteroatoms. The molecule has 0 aliphatic carbocycles. The summed E-state index contributed by atoms with van der Waals surface area (Å²) < 4.78 is 1.71. The zero-order chi connectivity index (χ0) is 20.2. The molecule has 0 saturated carbocycles. The zero-order valence-electron chi connectivity index (χ0n) is 16.7. The molecule has 0 spiro atoms. The number of aromatic nitrogens is 4. The van der Waals surface area contributed by atoms with Gasteiger partial charge in [0.05, 0.1) is 5.69 Å². The number of thioether (sulfide) groups is 1. The highest BCUT2D eigenvalue weighted by atomic mass is 32.2. The fourth-order valence-corrected chi connectivity index (χ4v) is 4.59. The maximum absolute atomic E-state index is 13.3. The maximum atomic E-state index is 13.3. The molecular formula is C22H25N5OS. The average Bonchev–Trinajstić information content (AvgIpc) is 3.44. The van der Waals surface area contributed by atoms with E-state index >= 15 is 0 Å². The highest BCUT2D eigenvalue weighted by Gasteiger charge is 2.30. The number of benzene rings is 2. The molecule has 150 valence electrons. The van der Waals surface area contributed by atoms with Crippen molar-refractivity contribution in [1.29, 1.82) is 0 Å². The van der Waals surface area contributed by atoms with E-state index in [1.165, 1.54) is 17.3 Å². The van der Waals surface area contributed by atoms with Crippen molar-refractivity contribution >= 4 is 17.7 Å². The third kappa shape index (κ3) is 4.34. The molecule has 1 atom stereocenters. The number of amides is 1. The number of rotatable bonds is 6. The van der Waals surface area contributed by atoms with Gasteiger partial charge in [0.1, 0.15) is 5.25 Å². The van der Waals surface area contributed by atoms with Gasteiger partial charge < -0.3 is 4.90 Å². The van der Waals surface area contributed by atoms with Gasteiger partial charge in [-0.05, 0) is 52.4 Å². The quantitative estimate of drug-likeness (QED) is 0.572. The number of tetrazole rings is 1. The van der Waals surface area contributed by atoms with Crippen molar-refractivity contribution in [1.82, 2.24) is 25.1 Å². The number of hydrogen-bond donors (Lipinski definition) is 0. The molecule has 0 radical (unpaired) electrons. The summed E-state index contributed by atoms with van der Waals surface area (Å²) in [6.07, 6.45) is 2.13. The lowest BCUT2D eigenvalue weighted by Crippen LogP contribution is -2.31. The van der Waals surface area contributed by atoms with E-state index in [4.69, 9.17) is 0 Å². The Labute approximate surface area is 175 Å². The standard InChI is InChI=1S/C22H25N5OS/c1-16(2)17-10-12-19(13-11-17)27-22(23-24-25-27)29-20(18-8-4-3-5-9-18)21(28)26-14-6-7-15-26/h3-5,8-13,16,20H,6-7,14-15H2,1-2H3/t20-/m1/s1. The maximum Gasteiger partial charge on any atom is 0.240 e. The molecule has 2 heterocycles. The SMILES string of the molecule is CC(C)c1ccc(-n2nnnc2S[C@@H](C(=O)N2CCCC2)c2ccccc2)cc1. The summed E-state index contributed by atoms with van der Waals surface area (Å²) in [4.78, 5) is 15.2. The van der Waals surface area contributed by atoms with Gasteiger partial charge in [-0.15, -0.1) is 5.10 Å². The Bertz CT molecular complexity index is 949. The highest BCUT2D eigenvalue weighted by molar-refractivity contribution is 8.00. The highest BCUT2D eigenvalue weighted by Crippen LogP contribution is 2.37. The van der Waals surface area contributed by atoms with Crippen molar-refractivity contribution < 1.29 is 4.79 Å². The van der Waals surface area contributed by atoms with Crippen LogP contribution in [0.3, 0.4) is 0 Å². The molecule has 1 fully saturated rings. The first-order valence-corrected chi connectivity index (χ1v) is 10.9. The average molecular weight is 408 g/mol. The van der Waals surface area contributed by atoms with Gasteiger partial charge in [-0.1, -0.05) is 68.1 Å². The van der Waals surface area contributed by atoms with Gasteiger partial charge in [0, 0.05) is 13.1 Å². The summed E-state index contributed by atoms with van der Waals surface area (Å²) in [5.41, 5.74) is 3.13. The van der Waals surface area contributed by atoms with Crippen molar-refractivity contribution in [2.75, 3.05) is 13.1 Å². The first-order valence-electron chi connectivity index (χ1n) is 10.0. The van der Waals surface area contributed by atoms with Gasteiger partial charge in [0.15, 0.2) is 0 Å². The smallest absolute Gasteiger partial charge is 0.240 e. The van der Waals surface area contributed by atoms with Crippen LogP contribution in [0.25, 0.3) is 5.69 Å². The van der Waals surface area contributed by atoms with Gasteiger partial charge in [0.25, 0.3) is 0 Å². The van der Waals surface area contributed by atoms with E-state index in [1.54, 1.807) is 4.68 Å². The Morgan fingerprint density at radius 3 is 2.31 bits per heavy atom. The van der Waals surface area contributed by atoms with E-state index in [9.17, 15) is 4.79 Å². The van der Waals surface area contributed by atoms with Crippen LogP contribution in [0.2, 0.25) is 0 Å². The van der Waals surface area contributed by atoms with Crippen LogP contribution in [-0.2, 0) is 4.79 Å². The molecule has 1 aliphatic rings. The summed E-state index contributed by atoms with van der Waals surface area (Å²) in [6, 6.07) is 18.1. The third-order valence-electron chi connectivity index (χ3n) is 5.21. The minimum Gasteiger partial charge on any atom is -0.341 e. The summed E-state index contributed by atoms with van der Waals surface area (Å²) in [5.74, 6) is 0.593. The van der Waals surface area contributed by atoms with E-state index in [-0.39, 0.29) is 11.2 Å². The summed E-state index contributed by atoms with van der Waals surface area (Å²) in [6.45, 7) is 5.98. The monoisotopic (exact) mass is 407 g/mol. The Hall–Kier alpha value is -2.67. The first-order chi connectivity index (χ1) is 14.1. The molecule has 1 aromatic heterocycles. The predicted octanol–water partition coefficient (Wildman–Crippen LogP) is 4.24. The predicted molar refractivity (Wildman–Crippen MR) is 114 cm³/mol. The Kier molecular flexibility index (Phi) is 5.94. The van der Waals surface area contributed by atoms with Gasteiger partial charge in [-0.2, -0.15) is 4.68 Å². The van der Waals surface area contributed by atoms with Crippen LogP contribution in [-0.4, -0.2) is 44.1 Å². The summed E-state index contributed by atoms with van der Waals surface area (Å²) >= 11 is 1.41. The lowest BCUT2D eigenvalue weighted by molar-refractivity contribution is -0.129. The molecule has 1 aliphatic heterocycles. The van der Waals surface area contributed by atoms with Crippen molar-refractivity contribution in [2.24, 2.45) is 0 Å². The van der Waals surface area contributed by atoms with Crippen LogP contribution in [0.5, 0.6) is 0 Å². The largest absolute Gasteiger partial charge is 0.341 e. The second kappa shape index (κ2) is 8.78. The fraction of sp³-hybridized carbons (Fsp3) is 0.364. The fourth-order valence-electron chi connectivity index (χ4n) is 3.51. The second-order valence-electron chi connectivity index (χ2n) is 7.56. The van der Waals surface area contributed by atoms with Gasteiger partial charge in [0.2, 0.25) is 11.1 Å². The van der Waals surface area contributed by atoms with Crippen LogP contribution in [0.1, 0.15) is 49.0 Å². The normalized spacial score (nSPS) is 15.1. The van der Waals surface area contributed by atoms with Crippen molar-refractivity contribution in [3.8, 4) is 5.69 Å². The lowest BCUT2D eigenvalue weighted by atomic mass is 10.0. The molecule has 2 aromatic carbocycles. The molecule has 0 bridgehead atoms. The molecule has 6 nitrogen and oxygen atoms in total. The molecule has 0 unspecified atom stereocenters. The van der Waals surface area contributed by atoms with E-state index < -0.39 is 0 Å². The van der Waals surface area contributed by atoms with Crippen molar-refractivity contribution in [3.05, 3.63) is 65.7 Å². The first kappa shape index (κ1) is 19.6. The van der Waals surface area contributed by atoms with Gasteiger partial charge in [-0.25, -0.2) is 0 Å². The molecule has 3 aromatic rings. The van der Waals surface area contributed by atoms with E-state index in [2.05, 4.69) is 41.5 Å². The van der Waals surface area contributed by atoms with E-state index in [0.717, 1.165) is 37.2 Å². The molecule has 0 N–H and O–H groups in total. The summed E-state index contributed by atoms with van der Waals surface area (Å²) in [7, 11) is 0. The Morgan fingerprint density at radius 2 is 1.66 bits per heavy atom. The Balaban J connectivity index is 1.63. The molecule has 1 amide bonds. The van der Waals surface area contributed by atoms with Crippen molar-refractivity contribution in [2.45, 2.75) is 43.0 Å². The Morgan fingerprint density at radius 1 is 0.966 bits per heavy atom. The van der Waals surface area contributed by atoms with Crippen LogP contribution in [0.4, 0.5) is 0 Å². The number of likely N-dealkylation sites (tertiary alicyclic amines) is 1. The number of hydrogen-bond acceptors (Lipinski definition) is 5. The van der Waals surface area contributed by atoms with Crippen LogP contribution in [0.15, 0.2) is 59.8 Å². The van der Waals surface area contributed by atoms with Crippen LogP contribution >= 0.6 is 11.8 Å². The number of nitrogens with zero attached hydrogens (tertiary/aromatic N) is 5. The van der Waals surface area contributed by atoms with E-state index in [0.29, 0.717) is 11.1 Å². The second-order valence-corrected chi connectivity index (χ2v) is 8.63. The van der Waals surface area contributed by atoms with Crippen molar-refractivity contribution in [3.63, 3.8) is 0 Å². The molecule has 1 saturated heterocycles.